The standard InChI is InChI=1S/C13H14ClN5O2/c1-17(9-20)8-12(21)18(2)11-7-19(16-13(11)14)10-4-3-5-15-6-10/h3-7,9H,8H2,1-2H3. The maximum atomic E-state index is 12.0. The van der Waals surface area contributed by atoms with Gasteiger partial charge in [0.1, 0.15) is 5.69 Å². The molecule has 7 nitrogen and oxygen atoms in total. The molecule has 2 amide bonds. The highest BCUT2D eigenvalue weighted by atomic mass is 35.5. The fourth-order valence-corrected chi connectivity index (χ4v) is 1.94. The first-order valence-electron chi connectivity index (χ1n) is 6.10. The Morgan fingerprint density at radius 3 is 2.86 bits per heavy atom. The van der Waals surface area contributed by atoms with Gasteiger partial charge in [-0.25, -0.2) is 4.68 Å². The maximum absolute atomic E-state index is 12.0. The van der Waals surface area contributed by atoms with E-state index in [-0.39, 0.29) is 17.6 Å². The van der Waals surface area contributed by atoms with E-state index >= 15 is 0 Å². The molecule has 0 aromatic carbocycles. The van der Waals surface area contributed by atoms with Gasteiger partial charge in [0.2, 0.25) is 12.3 Å². The number of rotatable bonds is 5. The first-order valence-corrected chi connectivity index (χ1v) is 6.48. The van der Waals surface area contributed by atoms with Crippen LogP contribution in [0.3, 0.4) is 0 Å². The van der Waals surface area contributed by atoms with Crippen LogP contribution in [-0.2, 0) is 9.59 Å². The molecule has 0 saturated carbocycles. The molecule has 0 aliphatic heterocycles. The number of aromatic nitrogens is 3. The quantitative estimate of drug-likeness (QED) is 0.772. The fourth-order valence-electron chi connectivity index (χ4n) is 1.68. The minimum atomic E-state index is -0.266. The van der Waals surface area contributed by atoms with Gasteiger partial charge < -0.3 is 9.80 Å². The average Bonchev–Trinajstić information content (AvgIpc) is 2.89. The van der Waals surface area contributed by atoms with Crippen molar-refractivity contribution in [2.24, 2.45) is 0 Å². The minimum absolute atomic E-state index is 0.0333. The van der Waals surface area contributed by atoms with Gasteiger partial charge in [-0.3, -0.25) is 14.6 Å². The number of nitrogens with zero attached hydrogens (tertiary/aromatic N) is 5. The zero-order valence-electron chi connectivity index (χ0n) is 11.6. The van der Waals surface area contributed by atoms with E-state index in [0.29, 0.717) is 12.1 Å². The molecule has 8 heteroatoms. The number of likely N-dealkylation sites (N-methyl/N-ethyl adjacent to an activating group) is 2. The van der Waals surface area contributed by atoms with Crippen molar-refractivity contribution in [2.75, 3.05) is 25.5 Å². The largest absolute Gasteiger partial charge is 0.339 e. The number of halogens is 1. The van der Waals surface area contributed by atoms with Gasteiger partial charge in [-0.05, 0) is 12.1 Å². The van der Waals surface area contributed by atoms with Crippen molar-refractivity contribution in [3.63, 3.8) is 0 Å². The SMILES string of the molecule is CN(C=O)CC(=O)N(C)c1cn(-c2cccnc2)nc1Cl. The van der Waals surface area contributed by atoms with E-state index in [0.717, 1.165) is 5.69 Å². The second kappa shape index (κ2) is 6.36. The molecule has 2 aromatic heterocycles. The number of carbonyl (C=O) groups is 2. The number of hydrogen-bond acceptors (Lipinski definition) is 4. The molecule has 110 valence electrons. The lowest BCUT2D eigenvalue weighted by atomic mass is 10.4. The van der Waals surface area contributed by atoms with Gasteiger partial charge in [0.15, 0.2) is 5.15 Å². The van der Waals surface area contributed by atoms with Crippen LogP contribution >= 0.6 is 11.6 Å². The monoisotopic (exact) mass is 307 g/mol. The van der Waals surface area contributed by atoms with Gasteiger partial charge in [-0.1, -0.05) is 11.6 Å². The fraction of sp³-hybridized carbons (Fsp3) is 0.231. The summed E-state index contributed by atoms with van der Waals surface area (Å²) in [6.07, 6.45) is 5.51. The maximum Gasteiger partial charge on any atom is 0.246 e. The van der Waals surface area contributed by atoms with Crippen LogP contribution in [0.4, 0.5) is 5.69 Å². The van der Waals surface area contributed by atoms with Crippen LogP contribution in [-0.4, -0.2) is 52.6 Å². The lowest BCUT2D eigenvalue weighted by Crippen LogP contribution is -2.36. The zero-order chi connectivity index (χ0) is 15.4. The van der Waals surface area contributed by atoms with Gasteiger partial charge in [-0.15, -0.1) is 0 Å². The Kier molecular flexibility index (Phi) is 4.54. The van der Waals surface area contributed by atoms with Crippen LogP contribution in [0.2, 0.25) is 5.15 Å². The van der Waals surface area contributed by atoms with Crippen LogP contribution in [0.25, 0.3) is 5.69 Å². The summed E-state index contributed by atoms with van der Waals surface area (Å²) in [4.78, 5) is 29.2. The Bertz CT molecular complexity index is 643. The van der Waals surface area contributed by atoms with E-state index in [1.54, 1.807) is 31.7 Å². The first kappa shape index (κ1) is 15.0. The Labute approximate surface area is 126 Å². The van der Waals surface area contributed by atoms with Crippen LogP contribution < -0.4 is 4.90 Å². The van der Waals surface area contributed by atoms with Gasteiger partial charge in [-0.2, -0.15) is 5.10 Å². The third kappa shape index (κ3) is 3.38. The summed E-state index contributed by atoms with van der Waals surface area (Å²) in [5, 5.41) is 4.35. The van der Waals surface area contributed by atoms with Crippen LogP contribution in [0.1, 0.15) is 0 Å². The van der Waals surface area contributed by atoms with Crippen LogP contribution in [0.15, 0.2) is 30.7 Å². The number of anilines is 1. The van der Waals surface area contributed by atoms with Gasteiger partial charge >= 0.3 is 0 Å². The molecule has 0 radical (unpaired) electrons. The summed E-state index contributed by atoms with van der Waals surface area (Å²) in [6, 6.07) is 3.60. The first-order chi connectivity index (χ1) is 10.0. The molecular weight excluding hydrogens is 294 g/mol. The second-order valence-corrected chi connectivity index (χ2v) is 4.79. The number of amides is 2. The molecule has 21 heavy (non-hydrogen) atoms. The van der Waals surface area contributed by atoms with Crippen molar-refractivity contribution in [2.45, 2.75) is 0 Å². The van der Waals surface area contributed by atoms with Gasteiger partial charge in [0.25, 0.3) is 0 Å². The molecule has 0 saturated heterocycles. The highest BCUT2D eigenvalue weighted by Gasteiger charge is 2.18. The molecule has 0 unspecified atom stereocenters. The van der Waals surface area contributed by atoms with E-state index < -0.39 is 0 Å². The van der Waals surface area contributed by atoms with Gasteiger partial charge in [0, 0.05) is 20.3 Å². The summed E-state index contributed by atoms with van der Waals surface area (Å²) in [6.45, 7) is -0.0333. The molecule has 2 rings (SSSR count). The van der Waals surface area contributed by atoms with E-state index in [1.807, 2.05) is 6.07 Å². The third-order valence-electron chi connectivity index (χ3n) is 2.86. The van der Waals surface area contributed by atoms with Crippen molar-refractivity contribution in [1.29, 1.82) is 0 Å². The molecule has 0 bridgehead atoms. The Hall–Kier alpha value is -2.41. The average molecular weight is 308 g/mol. The van der Waals surface area contributed by atoms with E-state index in [4.69, 9.17) is 11.6 Å². The molecule has 2 aromatic rings. The molecule has 2 heterocycles. The van der Waals surface area contributed by atoms with Crippen molar-refractivity contribution in [1.82, 2.24) is 19.7 Å². The Morgan fingerprint density at radius 2 is 2.24 bits per heavy atom. The predicted molar refractivity (Wildman–Crippen MR) is 78.5 cm³/mol. The normalized spacial score (nSPS) is 10.2. The number of pyridine rings is 1. The predicted octanol–water partition coefficient (Wildman–Crippen LogP) is 0.972. The minimum Gasteiger partial charge on any atom is -0.339 e. The highest BCUT2D eigenvalue weighted by Crippen LogP contribution is 2.25. The van der Waals surface area contributed by atoms with Crippen molar-refractivity contribution in [3.05, 3.63) is 35.9 Å². The lowest BCUT2D eigenvalue weighted by molar-refractivity contribution is -0.125. The summed E-state index contributed by atoms with van der Waals surface area (Å²) < 4.78 is 1.54. The highest BCUT2D eigenvalue weighted by molar-refractivity contribution is 6.32. The van der Waals surface area contributed by atoms with E-state index in [9.17, 15) is 9.59 Å². The summed E-state index contributed by atoms with van der Waals surface area (Å²) in [5.41, 5.74) is 1.20. The molecule has 0 spiro atoms. The number of carbonyl (C=O) groups excluding carboxylic acids is 2. The summed E-state index contributed by atoms with van der Waals surface area (Å²) in [5.74, 6) is -0.266. The lowest BCUT2D eigenvalue weighted by Gasteiger charge is -2.18. The van der Waals surface area contributed by atoms with E-state index in [1.165, 1.54) is 21.5 Å². The molecular formula is C13H14ClN5O2. The van der Waals surface area contributed by atoms with Crippen molar-refractivity contribution in [3.8, 4) is 5.69 Å². The molecule has 0 atom stereocenters. The smallest absolute Gasteiger partial charge is 0.246 e. The third-order valence-corrected chi connectivity index (χ3v) is 3.13. The van der Waals surface area contributed by atoms with Crippen molar-refractivity contribution >= 4 is 29.6 Å². The van der Waals surface area contributed by atoms with E-state index in [2.05, 4.69) is 10.1 Å². The van der Waals surface area contributed by atoms with Crippen LogP contribution in [0.5, 0.6) is 0 Å². The summed E-state index contributed by atoms with van der Waals surface area (Å²) in [7, 11) is 3.11. The Morgan fingerprint density at radius 1 is 1.48 bits per heavy atom. The summed E-state index contributed by atoms with van der Waals surface area (Å²) >= 11 is 6.07. The van der Waals surface area contributed by atoms with Crippen molar-refractivity contribution < 1.29 is 9.59 Å². The molecule has 0 N–H and O–H groups in total. The second-order valence-electron chi connectivity index (χ2n) is 4.43. The van der Waals surface area contributed by atoms with Crippen LogP contribution in [0, 0.1) is 0 Å². The van der Waals surface area contributed by atoms with Gasteiger partial charge in [0.05, 0.1) is 24.6 Å². The zero-order valence-corrected chi connectivity index (χ0v) is 12.4. The topological polar surface area (TPSA) is 71.3 Å². The molecule has 0 aliphatic rings. The number of hydrogen-bond donors (Lipinski definition) is 0. The molecule has 0 aliphatic carbocycles. The Balaban J connectivity index is 2.23. The molecule has 0 fully saturated rings.